The number of hydrogen-bond donors (Lipinski definition) is 2. The highest BCUT2D eigenvalue weighted by Crippen LogP contribution is 2.32. The van der Waals surface area contributed by atoms with Gasteiger partial charge < -0.3 is 20.1 Å². The molecule has 1 unspecified atom stereocenters. The molecule has 4 aromatic rings. The van der Waals surface area contributed by atoms with Crippen molar-refractivity contribution >= 4 is 22.8 Å². The molecule has 3 aromatic carbocycles. The number of fused-ring (bicyclic) bond motifs is 1. The van der Waals surface area contributed by atoms with Gasteiger partial charge in [0.2, 0.25) is 11.8 Å². The van der Waals surface area contributed by atoms with Gasteiger partial charge in [0.1, 0.15) is 18.1 Å². The fraction of sp³-hybridized carbons (Fsp3) is 0.333. The number of phenolic OH excluding ortho intramolecular Hbond substituents is 1. The molecule has 2 N–H and O–H groups in total. The monoisotopic (exact) mass is 529 g/mol. The van der Waals surface area contributed by atoms with Crippen molar-refractivity contribution in [2.45, 2.75) is 52.2 Å². The second kappa shape index (κ2) is 11.6. The predicted octanol–water partition coefficient (Wildman–Crippen LogP) is 4.18. The van der Waals surface area contributed by atoms with E-state index in [1.807, 2.05) is 76.2 Å². The lowest BCUT2D eigenvalue weighted by atomic mass is 9.99. The summed E-state index contributed by atoms with van der Waals surface area (Å²) in [5.74, 6) is -0.491. The SMILES string of the molecule is COc1ccc(C(C(=O)NC(C)(C)C)N(CCc2ccccc2C)C(=O)Cn2nnc3ccccc32)cc1O. The Balaban J connectivity index is 1.76. The summed E-state index contributed by atoms with van der Waals surface area (Å²) in [6, 6.07) is 19.1. The Bertz CT molecular complexity index is 1470. The average molecular weight is 530 g/mol. The third-order valence-corrected chi connectivity index (χ3v) is 6.49. The highest BCUT2D eigenvalue weighted by molar-refractivity contribution is 5.89. The molecule has 1 heterocycles. The van der Waals surface area contributed by atoms with Gasteiger partial charge in [-0.15, -0.1) is 5.10 Å². The summed E-state index contributed by atoms with van der Waals surface area (Å²) >= 11 is 0. The first-order valence-electron chi connectivity index (χ1n) is 12.9. The number of phenols is 1. The Morgan fingerprint density at radius 2 is 1.79 bits per heavy atom. The maximum absolute atomic E-state index is 14.0. The maximum atomic E-state index is 14.0. The normalized spacial score (nSPS) is 12.2. The summed E-state index contributed by atoms with van der Waals surface area (Å²) in [6.07, 6.45) is 0.540. The van der Waals surface area contributed by atoms with Crippen LogP contribution in [0.25, 0.3) is 11.0 Å². The van der Waals surface area contributed by atoms with Gasteiger partial charge in [-0.2, -0.15) is 0 Å². The number of rotatable bonds is 9. The largest absolute Gasteiger partial charge is 0.504 e. The average Bonchev–Trinajstić information content (AvgIpc) is 3.29. The van der Waals surface area contributed by atoms with Crippen LogP contribution in [0.15, 0.2) is 66.7 Å². The molecule has 0 aliphatic heterocycles. The van der Waals surface area contributed by atoms with Gasteiger partial charge in [0.15, 0.2) is 11.5 Å². The zero-order valence-electron chi connectivity index (χ0n) is 23.0. The standard InChI is InChI=1S/C30H35N5O4/c1-20-10-6-7-11-21(20)16-17-34(27(37)19-35-24-13-9-8-12-23(24)32-33-35)28(29(38)31-30(2,3)4)22-14-15-26(39-5)25(36)18-22/h6-15,18,28,36H,16-17,19H2,1-5H3,(H,31,38). The Morgan fingerprint density at radius 3 is 2.49 bits per heavy atom. The molecular formula is C30H35N5O4. The topological polar surface area (TPSA) is 110 Å². The number of carbonyl (C=O) groups is 2. The Labute approximate surface area is 228 Å². The van der Waals surface area contributed by atoms with Crippen molar-refractivity contribution in [2.75, 3.05) is 13.7 Å². The maximum Gasteiger partial charge on any atom is 0.247 e. The molecule has 0 aliphatic carbocycles. The van der Waals surface area contributed by atoms with Crippen molar-refractivity contribution in [3.63, 3.8) is 0 Å². The number of carbonyl (C=O) groups excluding carboxylic acids is 2. The van der Waals surface area contributed by atoms with E-state index in [-0.39, 0.29) is 36.4 Å². The van der Waals surface area contributed by atoms with E-state index in [9.17, 15) is 14.7 Å². The summed E-state index contributed by atoms with van der Waals surface area (Å²) in [5, 5.41) is 21.9. The van der Waals surface area contributed by atoms with Crippen LogP contribution in [0.4, 0.5) is 0 Å². The number of aryl methyl sites for hydroxylation is 1. The molecule has 2 amide bonds. The number of benzene rings is 3. The molecule has 0 saturated heterocycles. The number of methoxy groups -OCH3 is 1. The van der Waals surface area contributed by atoms with Gasteiger partial charge in [0, 0.05) is 12.1 Å². The van der Waals surface area contributed by atoms with E-state index >= 15 is 0 Å². The van der Waals surface area contributed by atoms with Gasteiger partial charge >= 0.3 is 0 Å². The number of amides is 2. The first kappa shape index (κ1) is 27.6. The predicted molar refractivity (Wildman–Crippen MR) is 149 cm³/mol. The fourth-order valence-electron chi connectivity index (χ4n) is 4.57. The van der Waals surface area contributed by atoms with Gasteiger partial charge in [0.05, 0.1) is 12.6 Å². The van der Waals surface area contributed by atoms with Gasteiger partial charge in [-0.25, -0.2) is 4.68 Å². The van der Waals surface area contributed by atoms with Gasteiger partial charge in [0.25, 0.3) is 0 Å². The molecule has 0 bridgehead atoms. The molecule has 204 valence electrons. The van der Waals surface area contributed by atoms with Crippen molar-refractivity contribution in [1.82, 2.24) is 25.2 Å². The minimum Gasteiger partial charge on any atom is -0.504 e. The molecule has 9 nitrogen and oxygen atoms in total. The van der Waals surface area contributed by atoms with Crippen molar-refractivity contribution in [1.29, 1.82) is 0 Å². The number of nitrogens with zero attached hydrogens (tertiary/aromatic N) is 4. The number of para-hydroxylation sites is 1. The van der Waals surface area contributed by atoms with Crippen LogP contribution in [0.1, 0.15) is 43.5 Å². The lowest BCUT2D eigenvalue weighted by Crippen LogP contribution is -2.50. The van der Waals surface area contributed by atoms with Gasteiger partial charge in [-0.1, -0.05) is 47.7 Å². The molecule has 0 radical (unpaired) electrons. The van der Waals surface area contributed by atoms with Crippen LogP contribution >= 0.6 is 0 Å². The third kappa shape index (κ3) is 6.54. The molecule has 1 atom stereocenters. The highest BCUT2D eigenvalue weighted by Gasteiger charge is 2.34. The Hall–Kier alpha value is -4.40. The first-order valence-corrected chi connectivity index (χ1v) is 12.9. The van der Waals surface area contributed by atoms with E-state index in [1.54, 1.807) is 21.7 Å². The Morgan fingerprint density at radius 1 is 1.08 bits per heavy atom. The number of nitrogens with one attached hydrogen (secondary N) is 1. The van der Waals surface area contributed by atoms with Crippen LogP contribution in [0, 0.1) is 6.92 Å². The van der Waals surface area contributed by atoms with E-state index in [2.05, 4.69) is 15.6 Å². The van der Waals surface area contributed by atoms with Crippen LogP contribution in [0.3, 0.4) is 0 Å². The lowest BCUT2D eigenvalue weighted by Gasteiger charge is -2.34. The smallest absolute Gasteiger partial charge is 0.247 e. The summed E-state index contributed by atoms with van der Waals surface area (Å²) in [5.41, 5.74) is 3.51. The highest BCUT2D eigenvalue weighted by atomic mass is 16.5. The second-order valence-corrected chi connectivity index (χ2v) is 10.6. The minimum absolute atomic E-state index is 0.101. The fourth-order valence-corrected chi connectivity index (χ4v) is 4.57. The van der Waals surface area contributed by atoms with Crippen molar-refractivity contribution in [3.05, 3.63) is 83.4 Å². The molecule has 0 fully saturated rings. The number of aromatic nitrogens is 3. The Kier molecular flexibility index (Phi) is 8.18. The summed E-state index contributed by atoms with van der Waals surface area (Å²) in [6.45, 7) is 7.84. The second-order valence-electron chi connectivity index (χ2n) is 10.6. The first-order chi connectivity index (χ1) is 18.6. The number of hydrogen-bond acceptors (Lipinski definition) is 6. The van der Waals surface area contributed by atoms with Gasteiger partial charge in [-0.05, 0) is 75.1 Å². The van der Waals surface area contributed by atoms with Crippen LogP contribution in [-0.2, 0) is 22.6 Å². The van der Waals surface area contributed by atoms with Crippen LogP contribution in [0.5, 0.6) is 11.5 Å². The zero-order chi connectivity index (χ0) is 28.2. The van der Waals surface area contributed by atoms with Gasteiger partial charge in [-0.3, -0.25) is 9.59 Å². The molecule has 0 spiro atoms. The molecule has 0 aliphatic rings. The number of ether oxygens (including phenoxy) is 1. The zero-order valence-corrected chi connectivity index (χ0v) is 23.0. The molecule has 0 saturated carbocycles. The van der Waals surface area contributed by atoms with E-state index in [1.165, 1.54) is 13.2 Å². The minimum atomic E-state index is -1.01. The number of aromatic hydroxyl groups is 1. The summed E-state index contributed by atoms with van der Waals surface area (Å²) in [4.78, 5) is 29.4. The van der Waals surface area contributed by atoms with E-state index in [0.717, 1.165) is 16.6 Å². The molecule has 39 heavy (non-hydrogen) atoms. The van der Waals surface area contributed by atoms with Crippen molar-refractivity contribution in [2.24, 2.45) is 0 Å². The summed E-state index contributed by atoms with van der Waals surface area (Å²) in [7, 11) is 1.46. The van der Waals surface area contributed by atoms with E-state index < -0.39 is 11.6 Å². The van der Waals surface area contributed by atoms with E-state index in [0.29, 0.717) is 17.5 Å². The van der Waals surface area contributed by atoms with E-state index in [4.69, 9.17) is 4.74 Å². The lowest BCUT2D eigenvalue weighted by molar-refractivity contribution is -0.142. The molecule has 4 rings (SSSR count). The van der Waals surface area contributed by atoms with Crippen LogP contribution in [-0.4, -0.2) is 56.0 Å². The molecular weight excluding hydrogens is 494 g/mol. The third-order valence-electron chi connectivity index (χ3n) is 6.49. The van der Waals surface area contributed by atoms with Crippen LogP contribution in [0.2, 0.25) is 0 Å². The summed E-state index contributed by atoms with van der Waals surface area (Å²) < 4.78 is 6.75. The van der Waals surface area contributed by atoms with Crippen molar-refractivity contribution in [3.8, 4) is 11.5 Å². The molecule has 1 aromatic heterocycles. The quantitative estimate of drug-likeness (QED) is 0.337. The van der Waals surface area contributed by atoms with Crippen LogP contribution < -0.4 is 10.1 Å². The molecule has 9 heteroatoms. The van der Waals surface area contributed by atoms with Crippen molar-refractivity contribution < 1.29 is 19.4 Å².